The van der Waals surface area contributed by atoms with Gasteiger partial charge in [0, 0.05) is 6.07 Å². The van der Waals surface area contributed by atoms with Crippen molar-refractivity contribution in [2.45, 2.75) is 13.8 Å². The van der Waals surface area contributed by atoms with Crippen molar-refractivity contribution in [2.24, 2.45) is 5.41 Å². The van der Waals surface area contributed by atoms with Crippen LogP contribution in [0.25, 0.3) is 0 Å². The maximum Gasteiger partial charge on any atom is 0.318 e. The number of nitrogens with zero attached hydrogens (tertiary/aromatic N) is 1. The Kier molecular flexibility index (Phi) is 4.12. The minimum Gasteiger partial charge on any atom is -0.495 e. The Labute approximate surface area is 110 Å². The number of anilines is 1. The fourth-order valence-electron chi connectivity index (χ4n) is 1.24. The SMILES string of the molecule is COc1cc(C#N)ccc1NC(=O)C(C)(C)C(=O)O. The van der Waals surface area contributed by atoms with Crippen molar-refractivity contribution in [3.05, 3.63) is 23.8 Å². The molecule has 0 aliphatic rings. The molecule has 6 heteroatoms. The molecule has 6 nitrogen and oxygen atoms in total. The van der Waals surface area contributed by atoms with Crippen LogP contribution in [-0.4, -0.2) is 24.1 Å². The van der Waals surface area contributed by atoms with Crippen LogP contribution < -0.4 is 10.1 Å². The Morgan fingerprint density at radius 1 is 1.42 bits per heavy atom. The van der Waals surface area contributed by atoms with Crippen LogP contribution in [0, 0.1) is 16.7 Å². The van der Waals surface area contributed by atoms with Gasteiger partial charge in [0.15, 0.2) is 0 Å². The summed E-state index contributed by atoms with van der Waals surface area (Å²) in [7, 11) is 1.40. The number of nitriles is 1. The van der Waals surface area contributed by atoms with E-state index in [-0.39, 0.29) is 0 Å². The third-order valence-corrected chi connectivity index (χ3v) is 2.68. The molecule has 1 rings (SSSR count). The highest BCUT2D eigenvalue weighted by Gasteiger charge is 2.36. The van der Waals surface area contributed by atoms with Crippen molar-refractivity contribution in [3.63, 3.8) is 0 Å². The van der Waals surface area contributed by atoms with Gasteiger partial charge in [-0.2, -0.15) is 5.26 Å². The van der Waals surface area contributed by atoms with Crippen molar-refractivity contribution < 1.29 is 19.4 Å². The average Bonchev–Trinajstić information content (AvgIpc) is 2.38. The number of carbonyl (C=O) groups is 2. The molecule has 2 N–H and O–H groups in total. The van der Waals surface area contributed by atoms with Crippen LogP contribution in [-0.2, 0) is 9.59 Å². The number of ether oxygens (including phenoxy) is 1. The van der Waals surface area contributed by atoms with Gasteiger partial charge in [0.1, 0.15) is 11.2 Å². The van der Waals surface area contributed by atoms with Gasteiger partial charge in [-0.15, -0.1) is 0 Å². The van der Waals surface area contributed by atoms with Crippen molar-refractivity contribution in [2.75, 3.05) is 12.4 Å². The first-order chi connectivity index (χ1) is 8.82. The number of nitrogens with one attached hydrogen (secondary N) is 1. The maximum absolute atomic E-state index is 11.9. The Morgan fingerprint density at radius 2 is 2.05 bits per heavy atom. The second-order valence-corrected chi connectivity index (χ2v) is 4.41. The molecule has 0 heterocycles. The molecule has 0 radical (unpaired) electrons. The van der Waals surface area contributed by atoms with Crippen LogP contribution in [0.1, 0.15) is 19.4 Å². The van der Waals surface area contributed by atoms with Gasteiger partial charge in [-0.05, 0) is 26.0 Å². The van der Waals surface area contributed by atoms with Gasteiger partial charge in [0.2, 0.25) is 5.91 Å². The van der Waals surface area contributed by atoms with Gasteiger partial charge in [0.25, 0.3) is 0 Å². The molecule has 0 aromatic heterocycles. The Hall–Kier alpha value is -2.55. The van der Waals surface area contributed by atoms with E-state index in [1.54, 1.807) is 0 Å². The van der Waals surface area contributed by atoms with Crippen molar-refractivity contribution in [1.29, 1.82) is 5.26 Å². The van der Waals surface area contributed by atoms with Gasteiger partial charge in [-0.25, -0.2) is 0 Å². The molecule has 19 heavy (non-hydrogen) atoms. The van der Waals surface area contributed by atoms with E-state index < -0.39 is 17.3 Å². The van der Waals surface area contributed by atoms with E-state index in [1.165, 1.54) is 39.2 Å². The Morgan fingerprint density at radius 3 is 2.53 bits per heavy atom. The first kappa shape index (κ1) is 14.5. The number of rotatable bonds is 4. The number of benzene rings is 1. The highest BCUT2D eigenvalue weighted by molar-refractivity contribution is 6.08. The minimum absolute atomic E-state index is 0.300. The van der Waals surface area contributed by atoms with Crippen molar-refractivity contribution in [1.82, 2.24) is 0 Å². The standard InChI is InChI=1S/C13H14N2O4/c1-13(2,12(17)18)11(16)15-9-5-4-8(7-14)6-10(9)19-3/h4-6H,1-3H3,(H,15,16)(H,17,18). The summed E-state index contributed by atoms with van der Waals surface area (Å²) in [4.78, 5) is 22.9. The van der Waals surface area contributed by atoms with E-state index in [9.17, 15) is 9.59 Å². The zero-order chi connectivity index (χ0) is 14.6. The third kappa shape index (κ3) is 3.01. The normalized spacial score (nSPS) is 10.4. The molecule has 0 atom stereocenters. The molecular formula is C13H14N2O4. The van der Waals surface area contributed by atoms with Crippen LogP contribution in [0.4, 0.5) is 5.69 Å². The summed E-state index contributed by atoms with van der Waals surface area (Å²) in [5, 5.41) is 20.2. The zero-order valence-electron chi connectivity index (χ0n) is 10.9. The lowest BCUT2D eigenvalue weighted by Crippen LogP contribution is -2.37. The van der Waals surface area contributed by atoms with Gasteiger partial charge in [-0.1, -0.05) is 0 Å². The summed E-state index contributed by atoms with van der Waals surface area (Å²) < 4.78 is 5.05. The number of carbonyl (C=O) groups excluding carboxylic acids is 1. The smallest absolute Gasteiger partial charge is 0.318 e. The fraction of sp³-hybridized carbons (Fsp3) is 0.308. The second kappa shape index (κ2) is 5.40. The van der Waals surface area contributed by atoms with Crippen LogP contribution in [0.2, 0.25) is 0 Å². The summed E-state index contributed by atoms with van der Waals surface area (Å²) in [6.07, 6.45) is 0. The molecule has 0 saturated carbocycles. The predicted molar refractivity (Wildman–Crippen MR) is 67.8 cm³/mol. The van der Waals surface area contributed by atoms with E-state index in [0.717, 1.165) is 0 Å². The van der Waals surface area contributed by atoms with E-state index in [2.05, 4.69) is 5.32 Å². The molecule has 0 unspecified atom stereocenters. The summed E-state index contributed by atoms with van der Waals surface area (Å²) in [5.74, 6) is -1.59. The molecule has 100 valence electrons. The lowest BCUT2D eigenvalue weighted by molar-refractivity contribution is -0.151. The molecule has 1 amide bonds. The number of carboxylic acids is 1. The highest BCUT2D eigenvalue weighted by atomic mass is 16.5. The topological polar surface area (TPSA) is 99.4 Å². The lowest BCUT2D eigenvalue weighted by atomic mass is 9.92. The molecule has 0 bridgehead atoms. The summed E-state index contributed by atoms with van der Waals surface area (Å²) >= 11 is 0. The number of methoxy groups -OCH3 is 1. The van der Waals surface area contributed by atoms with Gasteiger partial charge in [0.05, 0.1) is 24.4 Å². The quantitative estimate of drug-likeness (QED) is 0.803. The second-order valence-electron chi connectivity index (χ2n) is 4.41. The van der Waals surface area contributed by atoms with Gasteiger partial charge in [-0.3, -0.25) is 9.59 Å². The van der Waals surface area contributed by atoms with E-state index >= 15 is 0 Å². The number of hydrogen-bond donors (Lipinski definition) is 2. The third-order valence-electron chi connectivity index (χ3n) is 2.68. The predicted octanol–water partition coefficient (Wildman–Crippen LogP) is 1.62. The molecule has 1 aromatic rings. The number of hydrogen-bond acceptors (Lipinski definition) is 4. The highest BCUT2D eigenvalue weighted by Crippen LogP contribution is 2.27. The summed E-state index contributed by atoms with van der Waals surface area (Å²) in [6.45, 7) is 2.61. The molecule has 0 saturated heterocycles. The summed E-state index contributed by atoms with van der Waals surface area (Å²) in [6, 6.07) is 6.40. The number of carboxylic acid groups (broad SMARTS) is 1. The lowest BCUT2D eigenvalue weighted by Gasteiger charge is -2.19. The molecule has 0 fully saturated rings. The van der Waals surface area contributed by atoms with E-state index in [0.29, 0.717) is 17.0 Å². The fourth-order valence-corrected chi connectivity index (χ4v) is 1.24. The number of amides is 1. The van der Waals surface area contributed by atoms with Crippen molar-refractivity contribution >= 4 is 17.6 Å². The minimum atomic E-state index is -1.56. The zero-order valence-corrected chi connectivity index (χ0v) is 10.9. The largest absolute Gasteiger partial charge is 0.495 e. The van der Waals surface area contributed by atoms with E-state index in [1.807, 2.05) is 6.07 Å². The van der Waals surface area contributed by atoms with Gasteiger partial charge >= 0.3 is 5.97 Å². The first-order valence-electron chi connectivity index (χ1n) is 5.46. The van der Waals surface area contributed by atoms with Crippen LogP contribution >= 0.6 is 0 Å². The summed E-state index contributed by atoms with van der Waals surface area (Å²) in [5.41, 5.74) is -0.855. The van der Waals surface area contributed by atoms with Crippen LogP contribution in [0.15, 0.2) is 18.2 Å². The van der Waals surface area contributed by atoms with Gasteiger partial charge < -0.3 is 15.2 Å². The molecule has 1 aromatic carbocycles. The Balaban J connectivity index is 3.04. The molecular weight excluding hydrogens is 248 g/mol. The van der Waals surface area contributed by atoms with Crippen LogP contribution in [0.3, 0.4) is 0 Å². The Bertz CT molecular complexity index is 558. The molecule has 0 aliphatic heterocycles. The monoisotopic (exact) mass is 262 g/mol. The maximum atomic E-state index is 11.9. The van der Waals surface area contributed by atoms with Crippen molar-refractivity contribution in [3.8, 4) is 11.8 Å². The van der Waals surface area contributed by atoms with E-state index in [4.69, 9.17) is 15.1 Å². The molecule has 0 aliphatic carbocycles. The first-order valence-corrected chi connectivity index (χ1v) is 5.46. The number of aliphatic carboxylic acids is 1. The molecule has 0 spiro atoms. The average molecular weight is 262 g/mol. The van der Waals surface area contributed by atoms with Crippen LogP contribution in [0.5, 0.6) is 5.75 Å².